The van der Waals surface area contributed by atoms with Gasteiger partial charge in [-0.25, -0.2) is 16.8 Å². The van der Waals surface area contributed by atoms with Crippen molar-refractivity contribution in [1.82, 2.24) is 4.90 Å². The molecule has 1 aliphatic heterocycles. The Balaban J connectivity index is -0.0000000626. The summed E-state index contributed by atoms with van der Waals surface area (Å²) in [6.07, 6.45) is 1.55. The van der Waals surface area contributed by atoms with E-state index in [1.54, 1.807) is 103 Å². The molecular formula is C81H121BBrCl2NNaO10S4Y4-4. The summed E-state index contributed by atoms with van der Waals surface area (Å²) in [6.45, 7) is 28.1. The minimum Gasteiger partial charge on any atom is -1.00 e. The van der Waals surface area contributed by atoms with Crippen LogP contribution >= 0.6 is 63.5 Å². The fourth-order valence-electron chi connectivity index (χ4n) is 6.98. The number of ketones is 3. The Hall–Kier alpha value is -0.249. The number of rotatable bonds is 17. The van der Waals surface area contributed by atoms with E-state index in [2.05, 4.69) is 54.2 Å². The van der Waals surface area contributed by atoms with Crippen molar-refractivity contribution in [3.05, 3.63) is 295 Å². The smallest absolute Gasteiger partial charge is 1.00 e. The number of Topliss-reactive ketones (excluding diaryl/α,β-unsaturated/α-hetero) is 3. The topological polar surface area (TPSA) is 172 Å². The van der Waals surface area contributed by atoms with Crippen LogP contribution in [0.5, 0.6) is 0 Å². The third-order valence-corrected chi connectivity index (χ3v) is 16.7. The third kappa shape index (κ3) is 74.9. The van der Waals surface area contributed by atoms with Gasteiger partial charge in [-0.1, -0.05) is 294 Å². The van der Waals surface area contributed by atoms with E-state index >= 15 is 0 Å². The number of thioether (sulfide) groups is 1. The van der Waals surface area contributed by atoms with E-state index in [-0.39, 0.29) is 246 Å². The molecule has 1 saturated heterocycles. The zero-order valence-electron chi connectivity index (χ0n) is 66.0. The molecular weight excluding hydrogens is 1820 g/mol. The number of carbonyl (C=O) groups excluding carboxylic acids is 3. The predicted octanol–water partition coefficient (Wildman–Crippen LogP) is 18.9. The van der Waals surface area contributed by atoms with E-state index in [4.69, 9.17) is 33.0 Å². The van der Waals surface area contributed by atoms with Crippen LogP contribution in [0.15, 0.2) is 262 Å². The van der Waals surface area contributed by atoms with Gasteiger partial charge in [-0.05, 0) is 86.6 Å². The van der Waals surface area contributed by atoms with Crippen molar-refractivity contribution in [2.24, 2.45) is 0 Å². The minimum absolute atomic E-state index is 0. The van der Waals surface area contributed by atoms with Crippen LogP contribution in [0, 0.1) is 29.7 Å². The Morgan fingerprint density at radius 3 is 1.03 bits per heavy atom. The van der Waals surface area contributed by atoms with Gasteiger partial charge in [0.25, 0.3) is 0 Å². The maximum absolute atomic E-state index is 12.1. The van der Waals surface area contributed by atoms with Gasteiger partial charge in [-0.3, -0.25) is 14.4 Å². The number of alkyl halides is 3. The van der Waals surface area contributed by atoms with Gasteiger partial charge < -0.3 is 51.0 Å². The normalized spacial score (nSPS) is 9.44. The molecule has 0 amide bonds. The Morgan fingerprint density at radius 1 is 0.495 bits per heavy atom. The predicted molar refractivity (Wildman–Crippen MR) is 448 cm³/mol. The summed E-state index contributed by atoms with van der Waals surface area (Å²) in [6, 6.07) is 71.8. The zero-order valence-corrected chi connectivity index (χ0v) is 84.8. The van der Waals surface area contributed by atoms with Crippen molar-refractivity contribution in [2.45, 2.75) is 122 Å². The molecule has 1 atom stereocenters. The molecule has 2 N–H and O–H groups in total. The first kappa shape index (κ1) is 140. The maximum Gasteiger partial charge on any atom is 1.00 e. The molecule has 105 heavy (non-hydrogen) atoms. The molecule has 0 aliphatic carbocycles. The molecule has 0 aromatic heterocycles. The van der Waals surface area contributed by atoms with Crippen LogP contribution in [0.4, 0.5) is 0 Å². The molecule has 24 heteroatoms. The Kier molecular flexibility index (Phi) is 133. The number of aliphatic hydroxyl groups is 2. The van der Waals surface area contributed by atoms with Gasteiger partial charge in [0.05, 0.1) is 38.1 Å². The molecule has 1 fully saturated rings. The second-order valence-electron chi connectivity index (χ2n) is 17.6. The van der Waals surface area contributed by atoms with Gasteiger partial charge in [-0.15, -0.1) is 47.6 Å². The van der Waals surface area contributed by atoms with E-state index in [1.807, 2.05) is 183 Å². The molecule has 1 aliphatic rings. The molecule has 1 heterocycles. The molecule has 11 nitrogen and oxygen atoms in total. The summed E-state index contributed by atoms with van der Waals surface area (Å²) in [7, 11) is -6.01. The molecule has 0 spiro atoms. The largest absolute Gasteiger partial charge is 1.00 e. The van der Waals surface area contributed by atoms with Gasteiger partial charge >= 0.3 is 29.6 Å². The first-order valence-electron chi connectivity index (χ1n) is 31.4. The van der Waals surface area contributed by atoms with E-state index in [9.17, 15) is 36.3 Å². The first-order valence-corrected chi connectivity index (χ1v) is 38.4. The summed E-state index contributed by atoms with van der Waals surface area (Å²) in [5, 5.41) is 17.5. The summed E-state index contributed by atoms with van der Waals surface area (Å²) < 4.78 is 53.0. The Bertz CT molecular complexity index is 3220. The van der Waals surface area contributed by atoms with Gasteiger partial charge in [0.15, 0.2) is 37.0 Å². The van der Waals surface area contributed by atoms with Crippen molar-refractivity contribution >= 4 is 109 Å². The minimum atomic E-state index is -3.56. The van der Waals surface area contributed by atoms with Crippen LogP contribution in [0.1, 0.15) is 141 Å². The number of ether oxygens (including phenoxy) is 1. The Morgan fingerprint density at radius 2 is 0.762 bits per heavy atom. The molecule has 9 rings (SSSR count). The van der Waals surface area contributed by atoms with Gasteiger partial charge in [0.1, 0.15) is 5.75 Å². The fourth-order valence-corrected chi connectivity index (χ4v) is 10.9. The SMILES string of the molecule is C.C1CCOC1.CC.CC.CC.CC.CCN(CC)CC.CO.ClCCl.O=C(CBr)c1ccccc1.O=C(CS(=O)(=O)c1ccccc1)c1ccccc1.O=C(CSc1ccccc1)c1ccccc1.O=S(=O)(CC(O)c1ccccc1)c1ccccc1.Sc1ccccc1.[B].[CH3-].[CH3-].[CH3-].[CH3-].[H-].[Na+].[Y].[Y].[Y].[Y]. The summed E-state index contributed by atoms with van der Waals surface area (Å²) in [5.41, 5.74) is 2.57. The number of aliphatic hydroxyl groups excluding tert-OH is 2. The summed E-state index contributed by atoms with van der Waals surface area (Å²) in [5.74, 6) is -0.398. The van der Waals surface area contributed by atoms with Crippen LogP contribution in [-0.2, 0) is 155 Å². The van der Waals surface area contributed by atoms with E-state index < -0.39 is 31.5 Å². The number of nitrogens with zero attached hydrogens (tertiary/aromatic N) is 1. The third-order valence-electron chi connectivity index (χ3n) is 11.5. The van der Waals surface area contributed by atoms with Crippen LogP contribution in [0.25, 0.3) is 0 Å². The van der Waals surface area contributed by atoms with Crippen molar-refractivity contribution in [3.8, 4) is 0 Å². The van der Waals surface area contributed by atoms with Crippen molar-refractivity contribution in [2.75, 3.05) is 67.9 Å². The Labute approximate surface area is 795 Å². The molecule has 0 saturated carbocycles. The van der Waals surface area contributed by atoms with Crippen molar-refractivity contribution in [1.29, 1.82) is 0 Å². The number of benzene rings is 8. The maximum atomic E-state index is 12.1. The van der Waals surface area contributed by atoms with Crippen molar-refractivity contribution in [3.63, 3.8) is 0 Å². The number of hydrogen-bond donors (Lipinski definition) is 3. The van der Waals surface area contributed by atoms with Gasteiger partial charge in [0, 0.05) is 186 Å². The number of hydrogen-bond acceptors (Lipinski definition) is 13. The molecule has 7 radical (unpaired) electrons. The van der Waals surface area contributed by atoms with Crippen LogP contribution in [-0.4, -0.2) is 126 Å². The number of carbonyl (C=O) groups is 3. The quantitative estimate of drug-likeness (QED) is 0.0197. The monoisotopic (exact) mass is 1930 g/mol. The molecule has 8 aromatic rings. The first-order chi connectivity index (χ1) is 45.5. The average molecular weight is 1940 g/mol. The van der Waals surface area contributed by atoms with Crippen molar-refractivity contribution < 1.29 is 208 Å². The molecule has 8 aromatic carbocycles. The molecule has 0 bridgehead atoms. The molecule has 575 valence electrons. The number of thiol groups is 1. The van der Waals surface area contributed by atoms with Crippen LogP contribution in [0.2, 0.25) is 0 Å². The second-order valence-corrected chi connectivity index (χ2v) is 24.5. The summed E-state index contributed by atoms with van der Waals surface area (Å²) >= 11 is 18.3. The summed E-state index contributed by atoms with van der Waals surface area (Å²) in [4.78, 5) is 39.6. The average Bonchev–Trinajstić information content (AvgIpc) is 1.32. The van der Waals surface area contributed by atoms with Gasteiger partial charge in [0.2, 0.25) is 0 Å². The van der Waals surface area contributed by atoms with Crippen LogP contribution in [0.3, 0.4) is 0 Å². The number of sulfone groups is 2. The standard InChI is InChI=1S/C14H14O3S.C14H12O3S.C14H12OS.C8H7BrO.C6H15N.C6H6S.C4H8O.4C2H6.CH2Cl2.CH4O.CH4.4CH3.B.Na.4Y.H/c2*15-14(12-7-3-1-4-8-12)11-18(16,17)13-9-5-2-6-10-13;15-14(12-7-3-1-4-8-12)11-16-13-9-5-2-6-10-13;9-6-8(10)7-4-2-1-3-5-7;1-4-7(5-2)6-3;7-6-4-2-1-3-5-6;1-2-4-5-3-1;4*1-2;2-1-3;1-2;;;;;;;;;;;;/h1-10,14-15H,11H2;1-10H,11H2;1-10H,11H2;1-5H,6H2;4-6H2,1-3H3;1-5,7H;1-4H2;4*1-2H3;1H2;2H,1H3;1H4;4*1H3;;;;;;;/q;;;;;;;;;;;;;;4*-1;;+1;;;;;-1. The fraction of sp³-hybridized carbons (Fsp3) is 0.321. The molecule has 1 unspecified atom stereocenters. The van der Waals surface area contributed by atoms with E-state index in [0.717, 1.165) is 41.2 Å². The second kappa shape index (κ2) is 99.8. The number of halogens is 3. The van der Waals surface area contributed by atoms with Crippen LogP contribution < -0.4 is 29.6 Å². The van der Waals surface area contributed by atoms with E-state index in [0.29, 0.717) is 22.2 Å². The van der Waals surface area contributed by atoms with Gasteiger partial charge in [-0.2, -0.15) is 0 Å². The van der Waals surface area contributed by atoms with E-state index in [1.165, 1.54) is 56.7 Å². The zero-order chi connectivity index (χ0) is 71.7.